The van der Waals surface area contributed by atoms with Gasteiger partial charge in [0.25, 0.3) is 0 Å². The molecule has 5 heteroatoms. The van der Waals surface area contributed by atoms with Crippen molar-refractivity contribution in [1.29, 1.82) is 0 Å². The Balaban J connectivity index is 1.54. The van der Waals surface area contributed by atoms with Crippen molar-refractivity contribution in [1.82, 2.24) is 15.5 Å². The Kier molecular flexibility index (Phi) is 3.48. The average Bonchev–Trinajstić information content (AvgIpc) is 3.08. The second kappa shape index (κ2) is 5.12. The van der Waals surface area contributed by atoms with Gasteiger partial charge in [-0.2, -0.15) is 0 Å². The van der Waals surface area contributed by atoms with Crippen LogP contribution in [0.25, 0.3) is 0 Å². The summed E-state index contributed by atoms with van der Waals surface area (Å²) in [7, 11) is 1.68. The third-order valence-corrected chi connectivity index (χ3v) is 5.04. The zero-order chi connectivity index (χ0) is 13.4. The van der Waals surface area contributed by atoms with E-state index < -0.39 is 0 Å². The molecular formula is C14H23N3O2. The van der Waals surface area contributed by atoms with Crippen molar-refractivity contribution in [2.75, 3.05) is 20.1 Å². The smallest absolute Gasteiger partial charge is 0.227 e. The molecule has 3 aliphatic heterocycles. The topological polar surface area (TPSA) is 61.4 Å². The minimum atomic E-state index is 0.0900. The predicted molar refractivity (Wildman–Crippen MR) is 71.4 cm³/mol. The van der Waals surface area contributed by atoms with E-state index in [9.17, 15) is 9.59 Å². The normalized spacial score (nSPS) is 34.6. The van der Waals surface area contributed by atoms with Gasteiger partial charge in [0.05, 0.1) is 5.92 Å². The highest BCUT2D eigenvalue weighted by atomic mass is 16.2. The third-order valence-electron chi connectivity index (χ3n) is 5.04. The predicted octanol–water partition coefficient (Wildman–Crippen LogP) is 0.112. The Bertz CT molecular complexity index is 377. The standard InChI is InChI=1S/C14H23N3O2/c1-15-13(18)9-4-6-17(7-5-9)14(19)11-8-10-2-3-12(11)16-10/h9-12,16H,2-8H2,1H3,(H,15,18). The summed E-state index contributed by atoms with van der Waals surface area (Å²) in [5, 5.41) is 6.23. The maximum atomic E-state index is 12.5. The van der Waals surface area contributed by atoms with Crippen LogP contribution in [0.15, 0.2) is 0 Å². The van der Waals surface area contributed by atoms with Crippen LogP contribution in [-0.2, 0) is 9.59 Å². The van der Waals surface area contributed by atoms with E-state index in [0.717, 1.165) is 38.8 Å². The number of nitrogens with one attached hydrogen (secondary N) is 2. The first-order valence-corrected chi connectivity index (χ1v) is 7.45. The van der Waals surface area contributed by atoms with Gasteiger partial charge >= 0.3 is 0 Å². The highest BCUT2D eigenvalue weighted by Gasteiger charge is 2.44. The molecule has 0 aromatic carbocycles. The Labute approximate surface area is 114 Å². The lowest BCUT2D eigenvalue weighted by atomic mass is 9.87. The van der Waals surface area contributed by atoms with E-state index in [-0.39, 0.29) is 17.7 Å². The Morgan fingerprint density at radius 2 is 1.89 bits per heavy atom. The van der Waals surface area contributed by atoms with Gasteiger partial charge in [0.15, 0.2) is 0 Å². The number of hydrogen-bond donors (Lipinski definition) is 2. The van der Waals surface area contributed by atoms with E-state index in [2.05, 4.69) is 10.6 Å². The molecule has 0 aliphatic carbocycles. The fraction of sp³-hybridized carbons (Fsp3) is 0.857. The number of likely N-dealkylation sites (tertiary alicyclic amines) is 1. The van der Waals surface area contributed by atoms with Crippen LogP contribution in [0.3, 0.4) is 0 Å². The maximum Gasteiger partial charge on any atom is 0.227 e. The molecule has 2 amide bonds. The summed E-state index contributed by atoms with van der Waals surface area (Å²) < 4.78 is 0. The summed E-state index contributed by atoms with van der Waals surface area (Å²) in [6, 6.07) is 0.983. The molecule has 19 heavy (non-hydrogen) atoms. The van der Waals surface area contributed by atoms with Crippen molar-refractivity contribution in [3.05, 3.63) is 0 Å². The van der Waals surface area contributed by atoms with E-state index in [0.29, 0.717) is 18.0 Å². The number of piperidine rings is 1. The van der Waals surface area contributed by atoms with Gasteiger partial charge in [-0.15, -0.1) is 0 Å². The molecule has 106 valence electrons. The van der Waals surface area contributed by atoms with Crippen LogP contribution < -0.4 is 10.6 Å². The number of carbonyl (C=O) groups excluding carboxylic acids is 2. The van der Waals surface area contributed by atoms with E-state index in [1.54, 1.807) is 7.05 Å². The lowest BCUT2D eigenvalue weighted by Gasteiger charge is -2.34. The number of fused-ring (bicyclic) bond motifs is 2. The molecule has 3 aliphatic rings. The Hall–Kier alpha value is -1.10. The van der Waals surface area contributed by atoms with Gasteiger partial charge in [0.1, 0.15) is 0 Å². The SMILES string of the molecule is CNC(=O)C1CCN(C(=O)C2CC3CCC2N3)CC1. The highest BCUT2D eigenvalue weighted by Crippen LogP contribution is 2.35. The first-order valence-electron chi connectivity index (χ1n) is 7.45. The van der Waals surface area contributed by atoms with Crippen molar-refractivity contribution in [2.24, 2.45) is 11.8 Å². The molecule has 3 saturated heterocycles. The number of carbonyl (C=O) groups is 2. The van der Waals surface area contributed by atoms with Gasteiger partial charge in [0.2, 0.25) is 11.8 Å². The molecule has 2 bridgehead atoms. The minimum Gasteiger partial charge on any atom is -0.359 e. The molecular weight excluding hydrogens is 242 g/mol. The second-order valence-electron chi connectivity index (χ2n) is 6.10. The Morgan fingerprint density at radius 3 is 2.42 bits per heavy atom. The van der Waals surface area contributed by atoms with Crippen molar-refractivity contribution in [3.63, 3.8) is 0 Å². The molecule has 0 radical (unpaired) electrons. The van der Waals surface area contributed by atoms with Crippen LogP contribution in [0, 0.1) is 11.8 Å². The van der Waals surface area contributed by atoms with Gasteiger partial charge < -0.3 is 15.5 Å². The summed E-state index contributed by atoms with van der Waals surface area (Å²) >= 11 is 0. The number of rotatable bonds is 2. The molecule has 3 unspecified atom stereocenters. The maximum absolute atomic E-state index is 12.5. The van der Waals surface area contributed by atoms with Crippen LogP contribution in [0.5, 0.6) is 0 Å². The fourth-order valence-corrected chi connectivity index (χ4v) is 3.90. The van der Waals surface area contributed by atoms with Gasteiger partial charge in [-0.1, -0.05) is 0 Å². The summed E-state index contributed by atoms with van der Waals surface area (Å²) in [5.74, 6) is 0.714. The molecule has 0 aromatic rings. The summed E-state index contributed by atoms with van der Waals surface area (Å²) in [6.07, 6.45) is 5.00. The van der Waals surface area contributed by atoms with Crippen molar-refractivity contribution >= 4 is 11.8 Å². The minimum absolute atomic E-state index is 0.0900. The lowest BCUT2D eigenvalue weighted by Crippen LogP contribution is -2.46. The van der Waals surface area contributed by atoms with Gasteiger partial charge in [-0.3, -0.25) is 9.59 Å². The van der Waals surface area contributed by atoms with Gasteiger partial charge in [0, 0.05) is 38.1 Å². The fourth-order valence-electron chi connectivity index (χ4n) is 3.90. The molecule has 0 spiro atoms. The molecule has 0 saturated carbocycles. The van der Waals surface area contributed by atoms with Crippen molar-refractivity contribution in [3.8, 4) is 0 Å². The van der Waals surface area contributed by atoms with Crippen LogP contribution in [0.2, 0.25) is 0 Å². The third kappa shape index (κ3) is 2.36. The molecule has 0 aromatic heterocycles. The number of amides is 2. The van der Waals surface area contributed by atoms with E-state index in [4.69, 9.17) is 0 Å². The first kappa shape index (κ1) is 12.9. The van der Waals surface area contributed by atoms with Crippen molar-refractivity contribution in [2.45, 2.75) is 44.2 Å². The zero-order valence-corrected chi connectivity index (χ0v) is 11.5. The van der Waals surface area contributed by atoms with Crippen LogP contribution in [0.4, 0.5) is 0 Å². The van der Waals surface area contributed by atoms with E-state index in [1.807, 2.05) is 4.90 Å². The molecule has 2 N–H and O–H groups in total. The molecule has 3 fully saturated rings. The van der Waals surface area contributed by atoms with Crippen LogP contribution in [-0.4, -0.2) is 48.9 Å². The molecule has 3 atom stereocenters. The largest absolute Gasteiger partial charge is 0.359 e. The van der Waals surface area contributed by atoms with E-state index >= 15 is 0 Å². The van der Waals surface area contributed by atoms with E-state index in [1.165, 1.54) is 6.42 Å². The van der Waals surface area contributed by atoms with Crippen LogP contribution in [0.1, 0.15) is 32.1 Å². The first-order chi connectivity index (χ1) is 9.19. The molecule has 3 rings (SSSR count). The van der Waals surface area contributed by atoms with Gasteiger partial charge in [-0.25, -0.2) is 0 Å². The monoisotopic (exact) mass is 265 g/mol. The number of hydrogen-bond acceptors (Lipinski definition) is 3. The zero-order valence-electron chi connectivity index (χ0n) is 11.5. The van der Waals surface area contributed by atoms with Crippen molar-refractivity contribution < 1.29 is 9.59 Å². The summed E-state index contributed by atoms with van der Waals surface area (Å²) in [6.45, 7) is 1.48. The Morgan fingerprint density at radius 1 is 1.16 bits per heavy atom. The summed E-state index contributed by atoms with van der Waals surface area (Å²) in [5.41, 5.74) is 0. The average molecular weight is 265 g/mol. The highest BCUT2D eigenvalue weighted by molar-refractivity contribution is 5.81. The summed E-state index contributed by atoms with van der Waals surface area (Å²) in [4.78, 5) is 26.1. The quantitative estimate of drug-likeness (QED) is 0.745. The van der Waals surface area contributed by atoms with Crippen LogP contribution >= 0.6 is 0 Å². The molecule has 3 heterocycles. The lowest BCUT2D eigenvalue weighted by molar-refractivity contribution is -0.139. The molecule has 5 nitrogen and oxygen atoms in total. The second-order valence-corrected chi connectivity index (χ2v) is 6.10. The van der Waals surface area contributed by atoms with Gasteiger partial charge in [-0.05, 0) is 32.1 Å². The number of nitrogens with zero attached hydrogens (tertiary/aromatic N) is 1.